The summed E-state index contributed by atoms with van der Waals surface area (Å²) in [4.78, 5) is 4.98. The van der Waals surface area contributed by atoms with Gasteiger partial charge in [-0.05, 0) is 80.6 Å². The standard InChI is InChI=1S/C19H25N3S/c23-18-20-12-21(13-22(18)17-4-2-1-3-5-17)19-9-14-6-15(10-19)8-16(7-14)11-19/h1-5,14-16H,6-13H2,(H,20,23). The van der Waals surface area contributed by atoms with Gasteiger partial charge >= 0.3 is 0 Å². The average Bonchev–Trinajstić information content (AvgIpc) is 2.55. The number of hydrogen-bond acceptors (Lipinski definition) is 2. The van der Waals surface area contributed by atoms with Gasteiger partial charge in [0.15, 0.2) is 5.11 Å². The fourth-order valence-electron chi connectivity index (χ4n) is 6.12. The van der Waals surface area contributed by atoms with Crippen LogP contribution in [0, 0.1) is 17.8 Å². The molecule has 5 fully saturated rings. The van der Waals surface area contributed by atoms with Gasteiger partial charge in [0, 0.05) is 11.2 Å². The van der Waals surface area contributed by atoms with Crippen LogP contribution in [0.25, 0.3) is 0 Å². The smallest absolute Gasteiger partial charge is 0.175 e. The van der Waals surface area contributed by atoms with Gasteiger partial charge in [-0.25, -0.2) is 0 Å². The van der Waals surface area contributed by atoms with Gasteiger partial charge in [-0.3, -0.25) is 4.90 Å². The SMILES string of the molecule is S=C1NCN(C23CC4CC(CC(C4)C2)C3)CN1c1ccccc1. The van der Waals surface area contributed by atoms with Crippen LogP contribution >= 0.6 is 12.2 Å². The van der Waals surface area contributed by atoms with Crippen molar-refractivity contribution < 1.29 is 0 Å². The highest BCUT2D eigenvalue weighted by Gasteiger charge is 2.54. The third-order valence-corrected chi connectivity index (χ3v) is 7.09. The van der Waals surface area contributed by atoms with E-state index in [9.17, 15) is 0 Å². The molecule has 4 aliphatic carbocycles. The van der Waals surface area contributed by atoms with Gasteiger partial charge in [0.25, 0.3) is 0 Å². The van der Waals surface area contributed by atoms with Crippen LogP contribution in [0.2, 0.25) is 0 Å². The number of para-hydroxylation sites is 1. The van der Waals surface area contributed by atoms with Gasteiger partial charge < -0.3 is 10.2 Å². The van der Waals surface area contributed by atoms with E-state index in [0.29, 0.717) is 5.54 Å². The highest BCUT2D eigenvalue weighted by Crippen LogP contribution is 2.57. The number of nitrogens with zero attached hydrogens (tertiary/aromatic N) is 2. The Morgan fingerprint density at radius 3 is 2.17 bits per heavy atom. The van der Waals surface area contributed by atoms with Crippen molar-refractivity contribution in [1.29, 1.82) is 0 Å². The van der Waals surface area contributed by atoms with Crippen LogP contribution in [-0.4, -0.2) is 28.9 Å². The molecule has 3 nitrogen and oxygen atoms in total. The lowest BCUT2D eigenvalue weighted by Gasteiger charge is -2.61. The first-order valence-electron chi connectivity index (χ1n) is 9.07. The van der Waals surface area contributed by atoms with Crippen molar-refractivity contribution in [2.24, 2.45) is 17.8 Å². The predicted octanol–water partition coefficient (Wildman–Crippen LogP) is 3.57. The molecule has 1 N–H and O–H groups in total. The Kier molecular flexibility index (Phi) is 3.21. The number of rotatable bonds is 2. The molecule has 0 spiro atoms. The first kappa shape index (κ1) is 14.2. The zero-order valence-electron chi connectivity index (χ0n) is 13.6. The molecule has 4 bridgehead atoms. The van der Waals surface area contributed by atoms with Crippen molar-refractivity contribution in [2.45, 2.75) is 44.1 Å². The first-order chi connectivity index (χ1) is 11.2. The maximum atomic E-state index is 5.59. The normalized spacial score (nSPS) is 39.6. The minimum Gasteiger partial charge on any atom is -0.349 e. The Morgan fingerprint density at radius 1 is 0.957 bits per heavy atom. The van der Waals surface area contributed by atoms with Crippen LogP contribution in [0.5, 0.6) is 0 Å². The Hall–Kier alpha value is -1.13. The molecule has 0 amide bonds. The molecule has 0 aromatic heterocycles. The first-order valence-corrected chi connectivity index (χ1v) is 9.48. The van der Waals surface area contributed by atoms with Gasteiger partial charge in [0.2, 0.25) is 0 Å². The summed E-state index contributed by atoms with van der Waals surface area (Å²) >= 11 is 5.59. The van der Waals surface area contributed by atoms with Crippen LogP contribution in [0.1, 0.15) is 38.5 Å². The average molecular weight is 327 g/mol. The minimum atomic E-state index is 0.435. The fraction of sp³-hybridized carbons (Fsp3) is 0.632. The number of anilines is 1. The van der Waals surface area contributed by atoms with Crippen LogP contribution in [-0.2, 0) is 0 Å². The van der Waals surface area contributed by atoms with E-state index in [0.717, 1.165) is 36.2 Å². The quantitative estimate of drug-likeness (QED) is 0.837. The van der Waals surface area contributed by atoms with E-state index in [2.05, 4.69) is 45.4 Å². The maximum absolute atomic E-state index is 5.59. The largest absolute Gasteiger partial charge is 0.349 e. The van der Waals surface area contributed by atoms with Crippen LogP contribution in [0.4, 0.5) is 5.69 Å². The third-order valence-electron chi connectivity index (χ3n) is 6.72. The summed E-state index contributed by atoms with van der Waals surface area (Å²) < 4.78 is 0. The van der Waals surface area contributed by atoms with Gasteiger partial charge in [-0.15, -0.1) is 0 Å². The molecule has 1 aliphatic heterocycles. The Morgan fingerprint density at radius 2 is 1.57 bits per heavy atom. The maximum Gasteiger partial charge on any atom is 0.175 e. The van der Waals surface area contributed by atoms with Crippen LogP contribution < -0.4 is 10.2 Å². The summed E-state index contributed by atoms with van der Waals surface area (Å²) in [5.74, 6) is 2.96. The molecule has 0 radical (unpaired) electrons. The predicted molar refractivity (Wildman–Crippen MR) is 97.1 cm³/mol. The molecule has 1 aromatic carbocycles. The molecular formula is C19H25N3S. The number of thiocarbonyl (C=S) groups is 1. The van der Waals surface area contributed by atoms with Crippen molar-refractivity contribution in [3.63, 3.8) is 0 Å². The second-order valence-electron chi connectivity index (χ2n) is 8.23. The van der Waals surface area contributed by atoms with Gasteiger partial charge in [-0.1, -0.05) is 18.2 Å². The van der Waals surface area contributed by atoms with Gasteiger partial charge in [0.1, 0.15) is 0 Å². The number of hydrogen-bond donors (Lipinski definition) is 1. The Balaban J connectivity index is 1.42. The number of benzene rings is 1. The van der Waals surface area contributed by atoms with E-state index in [1.807, 2.05) is 0 Å². The molecule has 4 heteroatoms. The van der Waals surface area contributed by atoms with Crippen LogP contribution in [0.3, 0.4) is 0 Å². The zero-order chi connectivity index (χ0) is 15.4. The topological polar surface area (TPSA) is 18.5 Å². The molecule has 6 rings (SSSR count). The summed E-state index contributed by atoms with van der Waals surface area (Å²) in [7, 11) is 0. The van der Waals surface area contributed by atoms with E-state index in [4.69, 9.17) is 12.2 Å². The lowest BCUT2D eigenvalue weighted by molar-refractivity contribution is -0.0907. The van der Waals surface area contributed by atoms with E-state index in [-0.39, 0.29) is 0 Å². The van der Waals surface area contributed by atoms with Crippen molar-refractivity contribution in [3.05, 3.63) is 30.3 Å². The minimum absolute atomic E-state index is 0.435. The molecule has 1 saturated heterocycles. The highest BCUT2D eigenvalue weighted by atomic mass is 32.1. The molecule has 122 valence electrons. The summed E-state index contributed by atoms with van der Waals surface area (Å²) in [6, 6.07) is 10.6. The lowest BCUT2D eigenvalue weighted by atomic mass is 9.52. The van der Waals surface area contributed by atoms with Crippen molar-refractivity contribution >= 4 is 23.0 Å². The lowest BCUT2D eigenvalue weighted by Crippen LogP contribution is -2.67. The highest BCUT2D eigenvalue weighted by molar-refractivity contribution is 7.80. The molecule has 4 saturated carbocycles. The fourth-order valence-corrected chi connectivity index (χ4v) is 6.35. The van der Waals surface area contributed by atoms with E-state index < -0.39 is 0 Å². The summed E-state index contributed by atoms with van der Waals surface area (Å²) in [5.41, 5.74) is 1.64. The Labute approximate surface area is 144 Å². The van der Waals surface area contributed by atoms with E-state index >= 15 is 0 Å². The summed E-state index contributed by atoms with van der Waals surface area (Å²) in [5, 5.41) is 4.36. The third kappa shape index (κ3) is 2.30. The van der Waals surface area contributed by atoms with Gasteiger partial charge in [-0.2, -0.15) is 0 Å². The molecule has 23 heavy (non-hydrogen) atoms. The Bertz CT molecular complexity index is 579. The van der Waals surface area contributed by atoms with E-state index in [1.54, 1.807) is 0 Å². The molecular weight excluding hydrogens is 302 g/mol. The monoisotopic (exact) mass is 327 g/mol. The zero-order valence-corrected chi connectivity index (χ0v) is 14.4. The summed E-state index contributed by atoms with van der Waals surface area (Å²) in [6.45, 7) is 1.87. The van der Waals surface area contributed by atoms with Crippen LogP contribution in [0.15, 0.2) is 30.3 Å². The molecule has 1 heterocycles. The summed E-state index contributed by atoms with van der Waals surface area (Å²) in [6.07, 6.45) is 8.74. The second-order valence-corrected chi connectivity index (χ2v) is 8.61. The molecule has 0 atom stereocenters. The number of nitrogens with one attached hydrogen (secondary N) is 1. The van der Waals surface area contributed by atoms with Crippen molar-refractivity contribution in [1.82, 2.24) is 10.2 Å². The molecule has 0 unspecified atom stereocenters. The van der Waals surface area contributed by atoms with E-state index in [1.165, 1.54) is 44.2 Å². The van der Waals surface area contributed by atoms with Crippen molar-refractivity contribution in [2.75, 3.05) is 18.2 Å². The van der Waals surface area contributed by atoms with Gasteiger partial charge in [0.05, 0.1) is 13.3 Å². The molecule has 5 aliphatic rings. The second kappa shape index (κ2) is 5.18. The molecule has 1 aromatic rings. The van der Waals surface area contributed by atoms with Crippen molar-refractivity contribution in [3.8, 4) is 0 Å².